The number of carbonyl (C=O) groups excluding carboxylic acids is 1. The fourth-order valence-electron chi connectivity index (χ4n) is 2.34. The van der Waals surface area contributed by atoms with Crippen molar-refractivity contribution < 1.29 is 14.7 Å². The Morgan fingerprint density at radius 2 is 2.32 bits per heavy atom. The summed E-state index contributed by atoms with van der Waals surface area (Å²) in [7, 11) is 0. The quantitative estimate of drug-likeness (QED) is 0.648. The number of aliphatic carboxylic acids is 1. The predicted molar refractivity (Wildman–Crippen MR) is 67.3 cm³/mol. The molecule has 1 aromatic heterocycles. The van der Waals surface area contributed by atoms with Crippen LogP contribution in [0.4, 0.5) is 4.79 Å². The van der Waals surface area contributed by atoms with Crippen LogP contribution in [0.1, 0.15) is 31.5 Å². The molecule has 0 saturated heterocycles. The second-order valence-corrected chi connectivity index (χ2v) is 4.76. The van der Waals surface area contributed by atoms with E-state index in [4.69, 9.17) is 5.11 Å². The minimum Gasteiger partial charge on any atom is -0.481 e. The van der Waals surface area contributed by atoms with Crippen LogP contribution in [0, 0.1) is 5.92 Å². The van der Waals surface area contributed by atoms with Gasteiger partial charge in [-0.15, -0.1) is 0 Å². The zero-order chi connectivity index (χ0) is 13.7. The van der Waals surface area contributed by atoms with Gasteiger partial charge in [-0.2, -0.15) is 0 Å². The lowest BCUT2D eigenvalue weighted by molar-refractivity contribution is -0.143. The Morgan fingerprint density at radius 3 is 3.00 bits per heavy atom. The van der Waals surface area contributed by atoms with Crippen LogP contribution in [0.3, 0.4) is 0 Å². The van der Waals surface area contributed by atoms with Crippen LogP contribution in [-0.4, -0.2) is 33.1 Å². The molecule has 0 aromatic carbocycles. The van der Waals surface area contributed by atoms with Crippen molar-refractivity contribution in [2.45, 2.75) is 38.3 Å². The number of hydrogen-bond acceptors (Lipinski definition) is 3. The van der Waals surface area contributed by atoms with Gasteiger partial charge in [-0.1, -0.05) is 6.42 Å². The van der Waals surface area contributed by atoms with Gasteiger partial charge in [0.25, 0.3) is 0 Å². The molecule has 1 saturated carbocycles. The van der Waals surface area contributed by atoms with Crippen molar-refractivity contribution >= 4 is 12.0 Å². The Bertz CT molecular complexity index is 432. The molecule has 2 rings (SSSR count). The number of hydrogen-bond donors (Lipinski definition) is 4. The third-order valence-electron chi connectivity index (χ3n) is 3.33. The maximum atomic E-state index is 11.7. The van der Waals surface area contributed by atoms with Crippen molar-refractivity contribution in [2.24, 2.45) is 5.92 Å². The van der Waals surface area contributed by atoms with Crippen LogP contribution >= 0.6 is 0 Å². The molecule has 0 radical (unpaired) electrons. The third kappa shape index (κ3) is 3.97. The maximum absolute atomic E-state index is 11.7. The second kappa shape index (κ2) is 6.21. The minimum absolute atomic E-state index is 0.0635. The van der Waals surface area contributed by atoms with Gasteiger partial charge in [0.2, 0.25) is 0 Å². The van der Waals surface area contributed by atoms with E-state index in [9.17, 15) is 9.59 Å². The number of H-pyrrole nitrogens is 1. The van der Waals surface area contributed by atoms with Crippen molar-refractivity contribution in [1.82, 2.24) is 20.6 Å². The summed E-state index contributed by atoms with van der Waals surface area (Å²) in [5, 5.41) is 14.5. The van der Waals surface area contributed by atoms with Crippen molar-refractivity contribution in [3.8, 4) is 0 Å². The summed E-state index contributed by atoms with van der Waals surface area (Å²) in [6.07, 6.45) is 6.17. The van der Waals surface area contributed by atoms with Crippen LogP contribution in [0.15, 0.2) is 12.4 Å². The highest BCUT2D eigenvalue weighted by Crippen LogP contribution is 2.24. The molecule has 1 aliphatic rings. The average Bonchev–Trinajstić information content (AvgIpc) is 2.90. The number of rotatable bonds is 4. The second-order valence-electron chi connectivity index (χ2n) is 4.76. The number of nitrogens with one attached hydrogen (secondary N) is 3. The molecule has 1 fully saturated rings. The molecule has 1 aliphatic carbocycles. The van der Waals surface area contributed by atoms with Crippen molar-refractivity contribution in [2.75, 3.05) is 0 Å². The fourth-order valence-corrected chi connectivity index (χ4v) is 2.34. The van der Waals surface area contributed by atoms with Crippen molar-refractivity contribution in [1.29, 1.82) is 0 Å². The molecule has 0 spiro atoms. The third-order valence-corrected chi connectivity index (χ3v) is 3.33. The minimum atomic E-state index is -0.775. The lowest BCUT2D eigenvalue weighted by Crippen LogP contribution is -2.44. The van der Waals surface area contributed by atoms with E-state index in [2.05, 4.69) is 20.6 Å². The molecule has 7 heteroatoms. The van der Waals surface area contributed by atoms with Crippen LogP contribution in [0.2, 0.25) is 0 Å². The smallest absolute Gasteiger partial charge is 0.315 e. The molecule has 1 aromatic rings. The van der Waals surface area contributed by atoms with Gasteiger partial charge in [0.1, 0.15) is 5.82 Å². The van der Waals surface area contributed by atoms with E-state index in [1.807, 2.05) is 0 Å². The summed E-state index contributed by atoms with van der Waals surface area (Å²) in [6.45, 7) is 0.327. The molecule has 104 valence electrons. The summed E-state index contributed by atoms with van der Waals surface area (Å²) >= 11 is 0. The molecule has 1 heterocycles. The van der Waals surface area contributed by atoms with Gasteiger partial charge in [-0.3, -0.25) is 4.79 Å². The van der Waals surface area contributed by atoms with Gasteiger partial charge >= 0.3 is 12.0 Å². The van der Waals surface area contributed by atoms with E-state index in [0.29, 0.717) is 25.2 Å². The molecular weight excluding hydrogens is 248 g/mol. The van der Waals surface area contributed by atoms with Crippen molar-refractivity contribution in [3.63, 3.8) is 0 Å². The Labute approximate surface area is 110 Å². The lowest BCUT2D eigenvalue weighted by atomic mass is 9.86. The first-order chi connectivity index (χ1) is 9.15. The Kier molecular flexibility index (Phi) is 4.38. The van der Waals surface area contributed by atoms with Gasteiger partial charge in [-0.25, -0.2) is 9.78 Å². The number of imidazole rings is 1. The van der Waals surface area contributed by atoms with E-state index < -0.39 is 5.97 Å². The highest BCUT2D eigenvalue weighted by atomic mass is 16.4. The number of urea groups is 1. The van der Waals surface area contributed by atoms with E-state index in [-0.39, 0.29) is 18.0 Å². The number of nitrogens with zero attached hydrogens (tertiary/aromatic N) is 1. The average molecular weight is 266 g/mol. The first-order valence-electron chi connectivity index (χ1n) is 6.40. The van der Waals surface area contributed by atoms with Gasteiger partial charge in [0.05, 0.1) is 12.5 Å². The number of carboxylic acids is 1. The summed E-state index contributed by atoms with van der Waals surface area (Å²) in [5.41, 5.74) is 0. The molecule has 4 N–H and O–H groups in total. The molecule has 7 nitrogen and oxygen atoms in total. The van der Waals surface area contributed by atoms with Crippen LogP contribution in [-0.2, 0) is 11.3 Å². The Hall–Kier alpha value is -2.05. The highest BCUT2D eigenvalue weighted by Gasteiger charge is 2.27. The standard InChI is InChI=1S/C12H18N4O3/c17-11(18)8-2-1-3-9(6-8)16-12(19)15-7-10-13-4-5-14-10/h4-5,8-9H,1-3,6-7H2,(H,13,14)(H,17,18)(H2,15,16,19). The van der Waals surface area contributed by atoms with E-state index in [0.717, 1.165) is 12.8 Å². The number of amides is 2. The number of aromatic amines is 1. The van der Waals surface area contributed by atoms with Gasteiger partial charge in [0.15, 0.2) is 0 Å². The molecule has 19 heavy (non-hydrogen) atoms. The largest absolute Gasteiger partial charge is 0.481 e. The summed E-state index contributed by atoms with van der Waals surface area (Å²) in [4.78, 5) is 29.5. The Morgan fingerprint density at radius 1 is 1.47 bits per heavy atom. The van der Waals surface area contributed by atoms with E-state index >= 15 is 0 Å². The number of aromatic nitrogens is 2. The molecule has 0 aliphatic heterocycles. The number of carboxylic acid groups (broad SMARTS) is 1. The normalized spacial score (nSPS) is 22.7. The van der Waals surface area contributed by atoms with Crippen molar-refractivity contribution in [3.05, 3.63) is 18.2 Å². The van der Waals surface area contributed by atoms with Crippen LogP contribution < -0.4 is 10.6 Å². The molecule has 2 atom stereocenters. The zero-order valence-corrected chi connectivity index (χ0v) is 10.6. The van der Waals surface area contributed by atoms with Gasteiger partial charge in [0, 0.05) is 18.4 Å². The maximum Gasteiger partial charge on any atom is 0.315 e. The summed E-state index contributed by atoms with van der Waals surface area (Å²) in [6, 6.07) is -0.348. The fraction of sp³-hybridized carbons (Fsp3) is 0.583. The lowest BCUT2D eigenvalue weighted by Gasteiger charge is -2.27. The van der Waals surface area contributed by atoms with E-state index in [1.165, 1.54) is 0 Å². The SMILES string of the molecule is O=C(NCc1ncc[nH]1)NC1CCCC(C(=O)O)C1. The van der Waals surface area contributed by atoms with Crippen LogP contribution in [0.25, 0.3) is 0 Å². The molecule has 2 amide bonds. The predicted octanol–water partition coefficient (Wildman–Crippen LogP) is 0.852. The first kappa shape index (κ1) is 13.4. The summed E-state index contributed by atoms with van der Waals surface area (Å²) in [5.74, 6) is -0.436. The highest BCUT2D eigenvalue weighted by molar-refractivity contribution is 5.74. The molecule has 2 unspecified atom stereocenters. The molecular formula is C12H18N4O3. The zero-order valence-electron chi connectivity index (χ0n) is 10.6. The van der Waals surface area contributed by atoms with Gasteiger partial charge in [-0.05, 0) is 19.3 Å². The Balaban J connectivity index is 1.74. The van der Waals surface area contributed by atoms with Crippen LogP contribution in [0.5, 0.6) is 0 Å². The van der Waals surface area contributed by atoms with E-state index in [1.54, 1.807) is 12.4 Å². The summed E-state index contributed by atoms with van der Waals surface area (Å²) < 4.78 is 0. The number of carbonyl (C=O) groups is 2. The first-order valence-corrected chi connectivity index (χ1v) is 6.40. The molecule has 0 bridgehead atoms. The monoisotopic (exact) mass is 266 g/mol. The van der Waals surface area contributed by atoms with Gasteiger partial charge < -0.3 is 20.7 Å². The topological polar surface area (TPSA) is 107 Å².